The molecule has 1 aromatic heterocycles. The van der Waals surface area contributed by atoms with Crippen molar-refractivity contribution in [1.29, 1.82) is 0 Å². The molecule has 0 radical (unpaired) electrons. The van der Waals surface area contributed by atoms with Crippen LogP contribution >= 0.6 is 0 Å². The number of rotatable bonds is 5. The molecule has 1 heterocycles. The topological polar surface area (TPSA) is 29.3 Å². The highest BCUT2D eigenvalue weighted by atomic mass is 16.3. The van der Waals surface area contributed by atoms with Crippen LogP contribution in [0.25, 0.3) is 55.9 Å². The lowest BCUT2D eigenvalue weighted by molar-refractivity contribution is 0.620. The van der Waals surface area contributed by atoms with E-state index in [9.17, 15) is 0 Å². The zero-order chi connectivity index (χ0) is 35.2. The lowest BCUT2D eigenvalue weighted by atomic mass is 9.73. The molecule has 0 spiro atoms. The molecule has 0 bridgehead atoms. The molecular weight excluding hydrogens is 633 g/mol. The van der Waals surface area contributed by atoms with Crippen molar-refractivity contribution >= 4 is 28.2 Å². The Bertz CT molecular complexity index is 2540. The molecular formula is C49H38N2O. The highest BCUT2D eigenvalue weighted by Crippen LogP contribution is 2.66. The number of anilines is 3. The highest BCUT2D eigenvalue weighted by molar-refractivity contribution is 6.10. The van der Waals surface area contributed by atoms with Gasteiger partial charge in [-0.05, 0) is 104 Å². The third-order valence-electron chi connectivity index (χ3n) is 11.4. The van der Waals surface area contributed by atoms with E-state index in [1.54, 1.807) is 0 Å². The van der Waals surface area contributed by atoms with Crippen molar-refractivity contribution in [2.45, 2.75) is 38.5 Å². The Hall–Kier alpha value is -6.19. The first-order valence-corrected chi connectivity index (χ1v) is 18.2. The summed E-state index contributed by atoms with van der Waals surface area (Å²) in [6.07, 6.45) is 0. The number of hydrogen-bond acceptors (Lipinski definition) is 3. The van der Waals surface area contributed by atoms with Crippen LogP contribution in [0.5, 0.6) is 0 Å². The number of nitrogens with zero attached hydrogens (tertiary/aromatic N) is 2. The van der Waals surface area contributed by atoms with Crippen molar-refractivity contribution in [3.05, 3.63) is 180 Å². The Labute approximate surface area is 304 Å². The number of oxazole rings is 1. The molecule has 7 aromatic carbocycles. The summed E-state index contributed by atoms with van der Waals surface area (Å²) < 4.78 is 6.53. The van der Waals surface area contributed by atoms with Crippen LogP contribution in [0.15, 0.2) is 162 Å². The minimum atomic E-state index is -0.297. The average Bonchev–Trinajstić information content (AvgIpc) is 3.79. The van der Waals surface area contributed by atoms with Gasteiger partial charge in [-0.25, -0.2) is 4.98 Å². The minimum Gasteiger partial charge on any atom is -0.436 e. The van der Waals surface area contributed by atoms with Crippen LogP contribution in [0.2, 0.25) is 0 Å². The van der Waals surface area contributed by atoms with E-state index < -0.39 is 0 Å². The molecule has 8 aromatic rings. The second-order valence-electron chi connectivity index (χ2n) is 15.1. The predicted octanol–water partition coefficient (Wildman–Crippen LogP) is 13.2. The molecule has 0 saturated heterocycles. The van der Waals surface area contributed by atoms with Gasteiger partial charge in [0.1, 0.15) is 5.52 Å². The molecule has 52 heavy (non-hydrogen) atoms. The van der Waals surface area contributed by atoms with Gasteiger partial charge in [-0.15, -0.1) is 0 Å². The summed E-state index contributed by atoms with van der Waals surface area (Å²) in [7, 11) is 0. The van der Waals surface area contributed by atoms with Gasteiger partial charge in [0.05, 0.1) is 5.69 Å². The predicted molar refractivity (Wildman–Crippen MR) is 215 cm³/mol. The summed E-state index contributed by atoms with van der Waals surface area (Å²) >= 11 is 0. The number of para-hydroxylation sites is 2. The van der Waals surface area contributed by atoms with Crippen molar-refractivity contribution in [3.63, 3.8) is 0 Å². The maximum absolute atomic E-state index is 6.53. The van der Waals surface area contributed by atoms with Crippen LogP contribution < -0.4 is 4.90 Å². The smallest absolute Gasteiger partial charge is 0.227 e. The van der Waals surface area contributed by atoms with E-state index in [0.29, 0.717) is 5.89 Å². The quantitative estimate of drug-likeness (QED) is 0.182. The highest BCUT2D eigenvalue weighted by Gasteiger charge is 2.48. The molecule has 0 aliphatic heterocycles. The van der Waals surface area contributed by atoms with E-state index >= 15 is 0 Å². The number of aromatic nitrogens is 1. The van der Waals surface area contributed by atoms with Crippen molar-refractivity contribution in [1.82, 2.24) is 4.98 Å². The maximum Gasteiger partial charge on any atom is 0.227 e. The minimum absolute atomic E-state index is 0.297. The Morgan fingerprint density at radius 3 is 1.50 bits per heavy atom. The lowest BCUT2D eigenvalue weighted by Gasteiger charge is -2.38. The summed E-state index contributed by atoms with van der Waals surface area (Å²) in [6.45, 7) is 9.64. The molecule has 0 amide bonds. The number of benzene rings is 7. The SMILES string of the molecule is CC1(C)c2ccccc2-c2c(-c3ccc4nc(-c5ccccc5)oc4c3)c3c(c(N(c4ccccc4)c4ccccc4)c21)C(C)(C)c1ccccc1-3. The van der Waals surface area contributed by atoms with Gasteiger partial charge in [0.2, 0.25) is 5.89 Å². The molecule has 2 aliphatic rings. The van der Waals surface area contributed by atoms with Gasteiger partial charge in [0.15, 0.2) is 5.58 Å². The summed E-state index contributed by atoms with van der Waals surface area (Å²) in [4.78, 5) is 7.43. The van der Waals surface area contributed by atoms with Gasteiger partial charge in [0, 0.05) is 27.8 Å². The Balaban J connectivity index is 1.38. The van der Waals surface area contributed by atoms with Crippen LogP contribution in [-0.2, 0) is 10.8 Å². The molecule has 0 N–H and O–H groups in total. The molecule has 3 heteroatoms. The Morgan fingerprint density at radius 2 is 0.962 bits per heavy atom. The first-order chi connectivity index (χ1) is 25.3. The molecule has 10 rings (SSSR count). The third-order valence-corrected chi connectivity index (χ3v) is 11.4. The van der Waals surface area contributed by atoms with Crippen molar-refractivity contribution in [2.75, 3.05) is 4.90 Å². The molecule has 3 nitrogen and oxygen atoms in total. The monoisotopic (exact) mass is 670 g/mol. The van der Waals surface area contributed by atoms with Crippen LogP contribution in [0.1, 0.15) is 49.9 Å². The van der Waals surface area contributed by atoms with Crippen LogP contribution in [0.4, 0.5) is 17.1 Å². The summed E-state index contributed by atoms with van der Waals surface area (Å²) in [5.41, 5.74) is 18.5. The summed E-state index contributed by atoms with van der Waals surface area (Å²) in [5.74, 6) is 0.637. The molecule has 0 unspecified atom stereocenters. The zero-order valence-electron chi connectivity index (χ0n) is 29.8. The molecule has 2 aliphatic carbocycles. The first-order valence-electron chi connectivity index (χ1n) is 18.2. The van der Waals surface area contributed by atoms with Crippen LogP contribution in [0, 0.1) is 0 Å². The second-order valence-corrected chi connectivity index (χ2v) is 15.1. The fourth-order valence-electron chi connectivity index (χ4n) is 9.11. The van der Waals surface area contributed by atoms with E-state index in [1.165, 1.54) is 55.8 Å². The maximum atomic E-state index is 6.53. The Morgan fingerprint density at radius 1 is 0.481 bits per heavy atom. The largest absolute Gasteiger partial charge is 0.436 e. The van der Waals surface area contributed by atoms with Gasteiger partial charge < -0.3 is 9.32 Å². The van der Waals surface area contributed by atoms with Gasteiger partial charge >= 0.3 is 0 Å². The summed E-state index contributed by atoms with van der Waals surface area (Å²) in [6, 6.07) is 56.6. The molecule has 0 saturated carbocycles. The van der Waals surface area contributed by atoms with Crippen LogP contribution in [0.3, 0.4) is 0 Å². The van der Waals surface area contributed by atoms with E-state index in [0.717, 1.165) is 33.6 Å². The molecule has 0 atom stereocenters. The number of hydrogen-bond donors (Lipinski definition) is 0. The fourth-order valence-corrected chi connectivity index (χ4v) is 9.11. The fraction of sp³-hybridized carbons (Fsp3) is 0.122. The average molecular weight is 671 g/mol. The van der Waals surface area contributed by atoms with Crippen molar-refractivity contribution < 1.29 is 4.42 Å². The van der Waals surface area contributed by atoms with E-state index in [2.05, 4.69) is 160 Å². The molecule has 250 valence electrons. The van der Waals surface area contributed by atoms with E-state index in [4.69, 9.17) is 9.40 Å². The first kappa shape index (κ1) is 30.6. The van der Waals surface area contributed by atoms with Gasteiger partial charge in [-0.3, -0.25) is 0 Å². The second kappa shape index (κ2) is 11.2. The van der Waals surface area contributed by atoms with Gasteiger partial charge in [0.25, 0.3) is 0 Å². The van der Waals surface area contributed by atoms with Gasteiger partial charge in [-0.2, -0.15) is 0 Å². The lowest BCUT2D eigenvalue weighted by Crippen LogP contribution is -2.26. The zero-order valence-corrected chi connectivity index (χ0v) is 29.8. The third kappa shape index (κ3) is 4.29. The standard InChI is InChI=1S/C49H38N2O/c1-48(2)37-26-16-14-24-35(37)42-41(32-28-29-39-40(30-32)52-47(50-39)31-18-8-5-9-19-31)43-36-25-15-17-27-38(36)49(3,4)45(43)46(44(42)48)51(33-20-10-6-11-21-33)34-22-12-7-13-23-34/h5-30H,1-4H3. The van der Waals surface area contributed by atoms with Crippen LogP contribution in [-0.4, -0.2) is 4.98 Å². The van der Waals surface area contributed by atoms with Crippen molar-refractivity contribution in [3.8, 4) is 44.8 Å². The normalized spacial score (nSPS) is 14.5. The van der Waals surface area contributed by atoms with Gasteiger partial charge in [-0.1, -0.05) is 137 Å². The summed E-state index contributed by atoms with van der Waals surface area (Å²) in [5, 5.41) is 0. The Kier molecular flexibility index (Phi) is 6.57. The number of fused-ring (bicyclic) bond motifs is 7. The van der Waals surface area contributed by atoms with E-state index in [1.807, 2.05) is 30.3 Å². The van der Waals surface area contributed by atoms with Crippen molar-refractivity contribution in [2.24, 2.45) is 0 Å². The van der Waals surface area contributed by atoms with E-state index in [-0.39, 0.29) is 10.8 Å². The molecule has 0 fully saturated rings.